The van der Waals surface area contributed by atoms with Gasteiger partial charge in [0.15, 0.2) is 11.5 Å². The molecule has 1 aromatic heterocycles. The van der Waals surface area contributed by atoms with Crippen molar-refractivity contribution in [2.45, 2.75) is 121 Å². The Morgan fingerprint density at radius 1 is 1.03 bits per heavy atom. The molecule has 4 amide bonds. The van der Waals surface area contributed by atoms with E-state index in [1.54, 1.807) is 32.4 Å². The summed E-state index contributed by atoms with van der Waals surface area (Å²) in [7, 11) is -2.46. The van der Waals surface area contributed by atoms with Gasteiger partial charge in [-0.2, -0.15) is 0 Å². The number of carbonyl (C=O) groups excluding carboxylic acids is 4. The van der Waals surface area contributed by atoms with Gasteiger partial charge in [0.2, 0.25) is 21.8 Å². The molecule has 3 heterocycles. The third-order valence-electron chi connectivity index (χ3n) is 14.2. The zero-order valence-corrected chi connectivity index (χ0v) is 36.7. The average Bonchev–Trinajstić information content (AvgIpc) is 4.14. The maximum Gasteiger partial charge on any atom is 0.411 e. The molecule has 15 nitrogen and oxygen atoms in total. The van der Waals surface area contributed by atoms with Crippen LogP contribution in [0.3, 0.4) is 0 Å². The van der Waals surface area contributed by atoms with E-state index in [9.17, 15) is 27.6 Å². The molecule has 5 fully saturated rings. The summed E-state index contributed by atoms with van der Waals surface area (Å²) in [5, 5.41) is 7.02. The molecule has 4 saturated carbocycles. The number of methoxy groups -OCH3 is 1. The van der Waals surface area contributed by atoms with Crippen molar-refractivity contribution in [1.82, 2.24) is 25.2 Å². The van der Waals surface area contributed by atoms with E-state index < -0.39 is 62.2 Å². The zero-order valence-electron chi connectivity index (χ0n) is 35.9. The van der Waals surface area contributed by atoms with Crippen LogP contribution in [0, 0.1) is 35.5 Å². The number of alkyl carbamates (subject to hydrolysis) is 1. The highest BCUT2D eigenvalue weighted by molar-refractivity contribution is 7.91. The van der Waals surface area contributed by atoms with Gasteiger partial charge in [-0.15, -0.1) is 0 Å². The number of nitrogens with zero attached hydrogens (tertiary/aromatic N) is 2. The number of fused-ring (bicyclic) bond motifs is 4. The lowest BCUT2D eigenvalue weighted by Gasteiger charge is -2.29. The first-order chi connectivity index (χ1) is 29.1. The summed E-state index contributed by atoms with van der Waals surface area (Å²) in [5.74, 6) is 0.679. The van der Waals surface area contributed by atoms with Gasteiger partial charge in [0, 0.05) is 41.1 Å². The van der Waals surface area contributed by atoms with Crippen LogP contribution >= 0.6 is 0 Å². The molecule has 4 aliphatic carbocycles. The number of ether oxygens (including phenoxy) is 4. The molecule has 1 aromatic carbocycles. The monoisotopic (exact) mass is 861 g/mol. The van der Waals surface area contributed by atoms with Crippen LogP contribution in [0.5, 0.6) is 17.4 Å². The van der Waals surface area contributed by atoms with Crippen molar-refractivity contribution in [2.75, 3.05) is 20.3 Å². The lowest BCUT2D eigenvalue weighted by atomic mass is 9.88. The summed E-state index contributed by atoms with van der Waals surface area (Å²) in [6.07, 6.45) is 10.2. The second kappa shape index (κ2) is 16.4. The number of sulfonamides is 1. The van der Waals surface area contributed by atoms with Gasteiger partial charge in [0.05, 0.1) is 25.0 Å². The Morgan fingerprint density at radius 2 is 1.79 bits per heavy atom. The molecular formula is C45H59N5O10S. The van der Waals surface area contributed by atoms with Crippen LogP contribution in [0.25, 0.3) is 10.8 Å². The molecule has 0 spiro atoms. The minimum Gasteiger partial charge on any atom is -0.492 e. The number of pyridine rings is 1. The molecule has 61 heavy (non-hydrogen) atoms. The van der Waals surface area contributed by atoms with Gasteiger partial charge in [-0.1, -0.05) is 32.9 Å². The van der Waals surface area contributed by atoms with Crippen molar-refractivity contribution in [2.24, 2.45) is 35.5 Å². The highest BCUT2D eigenvalue weighted by atomic mass is 32.2. The Labute approximate surface area is 357 Å². The fourth-order valence-electron chi connectivity index (χ4n) is 9.94. The van der Waals surface area contributed by atoms with Gasteiger partial charge in [0.1, 0.15) is 23.8 Å². The van der Waals surface area contributed by atoms with Crippen molar-refractivity contribution in [3.8, 4) is 17.4 Å². The van der Waals surface area contributed by atoms with E-state index in [4.69, 9.17) is 18.9 Å². The minimum atomic E-state index is -4.01. The summed E-state index contributed by atoms with van der Waals surface area (Å²) in [4.78, 5) is 62.8. The molecule has 0 radical (unpaired) electrons. The summed E-state index contributed by atoms with van der Waals surface area (Å²) >= 11 is 0. The number of hydrogen-bond donors (Lipinski definition) is 3. The van der Waals surface area contributed by atoms with Crippen LogP contribution in [0.15, 0.2) is 48.3 Å². The number of benzene rings is 1. The molecule has 8 atom stereocenters. The molecule has 16 heteroatoms. The number of allylic oxidation sites excluding steroid dienone is 1. The predicted octanol–water partition coefficient (Wildman–Crippen LogP) is 5.53. The molecule has 8 unspecified atom stereocenters. The maximum atomic E-state index is 15.0. The van der Waals surface area contributed by atoms with E-state index in [0.29, 0.717) is 77.9 Å². The molecule has 0 bridgehead atoms. The van der Waals surface area contributed by atoms with Crippen LogP contribution in [0.1, 0.15) is 92.4 Å². The SMILES string of the molecule is CCOc1ccc2c(OC3CC4C(=O)NC5(C(=O)NS(=O)(=O)C6(C)CC6)CC5C=CCCC(C)CC(C)/C(=C/NC(=O)OC5CC6C(C)C6C5)C(=O)N4C3)nccc2c1OC. The number of aromatic nitrogens is 1. The topological polar surface area (TPSA) is 192 Å². The molecule has 2 aliphatic heterocycles. The standard InChI is InChI=1S/C45H59N5O10S/c1-7-58-37-13-12-32-31(38(37)57-6)14-17-46-40(32)59-30-21-36-39(51)48-45(42(53)49-61(55,56)44(5)15-16-44)22-28(45)11-9-8-10-25(2)18-26(3)35(41(52)50(36)24-30)23-47-43(54)60-29-19-33-27(4)34(33)20-29/h9,11-14,17,23,25-30,33-34,36H,7-8,10,15-16,18-22,24H2,1-6H3,(H,47,54)(H,48,51)(H,49,53)/b11-9?,35-23-. The number of rotatable bonds is 10. The van der Waals surface area contributed by atoms with E-state index >= 15 is 0 Å². The first-order valence-electron chi connectivity index (χ1n) is 21.9. The quantitative estimate of drug-likeness (QED) is 0.201. The van der Waals surface area contributed by atoms with E-state index in [1.165, 1.54) is 11.1 Å². The Bertz CT molecular complexity index is 2250. The minimum absolute atomic E-state index is 0.0223. The number of amides is 4. The van der Waals surface area contributed by atoms with Gasteiger partial charge >= 0.3 is 6.09 Å². The van der Waals surface area contributed by atoms with Gasteiger partial charge < -0.3 is 29.2 Å². The fourth-order valence-corrected chi connectivity index (χ4v) is 11.3. The van der Waals surface area contributed by atoms with Gasteiger partial charge in [-0.3, -0.25) is 24.4 Å². The molecule has 8 rings (SSSR count). The Hall–Kier alpha value is -4.86. The van der Waals surface area contributed by atoms with Gasteiger partial charge in [0.25, 0.3) is 11.8 Å². The van der Waals surface area contributed by atoms with Crippen LogP contribution in [0.4, 0.5) is 4.79 Å². The lowest BCUT2D eigenvalue weighted by Crippen LogP contribution is -2.57. The van der Waals surface area contributed by atoms with E-state index in [0.717, 1.165) is 19.3 Å². The normalized spacial score (nSPS) is 33.6. The zero-order chi connectivity index (χ0) is 43.4. The number of carbonyl (C=O) groups is 4. The van der Waals surface area contributed by atoms with E-state index in [1.807, 2.05) is 32.1 Å². The van der Waals surface area contributed by atoms with Crippen LogP contribution in [0.2, 0.25) is 0 Å². The smallest absolute Gasteiger partial charge is 0.411 e. The summed E-state index contributed by atoms with van der Waals surface area (Å²) in [6, 6.07) is 4.26. The molecule has 2 aromatic rings. The van der Waals surface area contributed by atoms with Crippen molar-refractivity contribution in [3.63, 3.8) is 0 Å². The van der Waals surface area contributed by atoms with Crippen molar-refractivity contribution >= 4 is 44.6 Å². The largest absolute Gasteiger partial charge is 0.492 e. The molecular weight excluding hydrogens is 803 g/mol. The Balaban J connectivity index is 1.11. The second-order valence-electron chi connectivity index (χ2n) is 18.5. The van der Waals surface area contributed by atoms with Crippen LogP contribution < -0.4 is 29.6 Å². The van der Waals surface area contributed by atoms with Gasteiger partial charge in [-0.05, 0) is 113 Å². The molecule has 6 aliphatic rings. The summed E-state index contributed by atoms with van der Waals surface area (Å²) < 4.78 is 51.6. The maximum absolute atomic E-state index is 15.0. The fraction of sp³-hybridized carbons (Fsp3) is 0.622. The van der Waals surface area contributed by atoms with E-state index in [-0.39, 0.29) is 43.2 Å². The average molecular weight is 862 g/mol. The molecule has 3 N–H and O–H groups in total. The summed E-state index contributed by atoms with van der Waals surface area (Å²) in [6.45, 7) is 10.2. The Kier molecular flexibility index (Phi) is 11.5. The second-order valence-corrected chi connectivity index (χ2v) is 20.7. The van der Waals surface area contributed by atoms with Crippen molar-refractivity contribution in [1.29, 1.82) is 0 Å². The third-order valence-corrected chi connectivity index (χ3v) is 16.4. The van der Waals surface area contributed by atoms with Crippen LogP contribution in [-0.4, -0.2) is 90.9 Å². The Morgan fingerprint density at radius 3 is 2.49 bits per heavy atom. The first-order valence-corrected chi connectivity index (χ1v) is 23.3. The number of hydrogen-bond acceptors (Lipinski definition) is 11. The number of nitrogens with one attached hydrogen (secondary N) is 3. The highest BCUT2D eigenvalue weighted by Crippen LogP contribution is 2.57. The highest BCUT2D eigenvalue weighted by Gasteiger charge is 2.63. The van der Waals surface area contributed by atoms with Crippen molar-refractivity contribution < 1.29 is 46.5 Å². The summed E-state index contributed by atoms with van der Waals surface area (Å²) in [5.41, 5.74) is -1.24. The predicted molar refractivity (Wildman–Crippen MR) is 226 cm³/mol. The van der Waals surface area contributed by atoms with E-state index in [2.05, 4.69) is 34.2 Å². The molecule has 330 valence electrons. The van der Waals surface area contributed by atoms with Gasteiger partial charge in [-0.25, -0.2) is 18.2 Å². The first kappa shape index (κ1) is 42.8. The third kappa shape index (κ3) is 8.40. The van der Waals surface area contributed by atoms with Crippen LogP contribution in [-0.2, 0) is 29.1 Å². The molecule has 1 saturated heterocycles. The lowest BCUT2D eigenvalue weighted by molar-refractivity contribution is -0.138. The van der Waals surface area contributed by atoms with Crippen molar-refractivity contribution in [3.05, 3.63) is 48.3 Å².